The third kappa shape index (κ3) is 2.31. The van der Waals surface area contributed by atoms with Gasteiger partial charge in [-0.25, -0.2) is 18.6 Å². The predicted molar refractivity (Wildman–Crippen MR) is 61.6 cm³/mol. The maximum absolute atomic E-state index is 13.6. The van der Waals surface area contributed by atoms with Gasteiger partial charge in [0.25, 0.3) is 0 Å². The van der Waals surface area contributed by atoms with Crippen LogP contribution in [0.3, 0.4) is 0 Å². The number of carbonyl (C=O) groups is 1. The van der Waals surface area contributed by atoms with E-state index in [9.17, 15) is 13.6 Å². The summed E-state index contributed by atoms with van der Waals surface area (Å²) in [6, 6.07) is 5.30. The standard InChI is InChI=1S/C12H6ClF2NO2/c13-10-4-3-8(12(17)18)11(16-10)7-2-1-6(14)5-9(7)15/h1-5H,(H,17,18). The van der Waals surface area contributed by atoms with Crippen molar-refractivity contribution in [2.45, 2.75) is 0 Å². The fourth-order valence-corrected chi connectivity index (χ4v) is 1.64. The van der Waals surface area contributed by atoms with E-state index in [-0.39, 0.29) is 22.0 Å². The maximum Gasteiger partial charge on any atom is 0.337 e. The Morgan fingerprint density at radius 2 is 1.94 bits per heavy atom. The summed E-state index contributed by atoms with van der Waals surface area (Å²) < 4.78 is 26.4. The lowest BCUT2D eigenvalue weighted by molar-refractivity contribution is 0.0697. The van der Waals surface area contributed by atoms with Gasteiger partial charge in [-0.1, -0.05) is 11.6 Å². The zero-order chi connectivity index (χ0) is 13.3. The molecule has 0 aliphatic heterocycles. The van der Waals surface area contributed by atoms with Crippen LogP contribution in [0.1, 0.15) is 10.4 Å². The van der Waals surface area contributed by atoms with Crippen LogP contribution in [-0.4, -0.2) is 16.1 Å². The third-order valence-corrected chi connectivity index (χ3v) is 2.49. The quantitative estimate of drug-likeness (QED) is 0.850. The fourth-order valence-electron chi connectivity index (χ4n) is 1.49. The first kappa shape index (κ1) is 12.4. The molecule has 6 heteroatoms. The van der Waals surface area contributed by atoms with Crippen molar-refractivity contribution in [1.82, 2.24) is 4.98 Å². The molecule has 0 bridgehead atoms. The number of carboxylic acid groups (broad SMARTS) is 1. The normalized spacial score (nSPS) is 10.4. The van der Waals surface area contributed by atoms with Crippen molar-refractivity contribution >= 4 is 17.6 Å². The maximum atomic E-state index is 13.6. The summed E-state index contributed by atoms with van der Waals surface area (Å²) in [5, 5.41) is 9.01. The lowest BCUT2D eigenvalue weighted by Gasteiger charge is -2.07. The lowest BCUT2D eigenvalue weighted by Crippen LogP contribution is -2.03. The molecule has 0 saturated heterocycles. The van der Waals surface area contributed by atoms with Gasteiger partial charge in [-0.05, 0) is 24.3 Å². The Hall–Kier alpha value is -2.01. The number of hydrogen-bond acceptors (Lipinski definition) is 2. The predicted octanol–water partition coefficient (Wildman–Crippen LogP) is 3.38. The summed E-state index contributed by atoms with van der Waals surface area (Å²) in [6.07, 6.45) is 0. The number of rotatable bonds is 2. The fraction of sp³-hybridized carbons (Fsp3) is 0. The molecule has 18 heavy (non-hydrogen) atoms. The van der Waals surface area contributed by atoms with Gasteiger partial charge in [0.2, 0.25) is 0 Å². The van der Waals surface area contributed by atoms with E-state index in [2.05, 4.69) is 4.98 Å². The summed E-state index contributed by atoms with van der Waals surface area (Å²) in [4.78, 5) is 14.8. The van der Waals surface area contributed by atoms with Gasteiger partial charge in [0.1, 0.15) is 16.8 Å². The minimum Gasteiger partial charge on any atom is -0.478 e. The minimum absolute atomic E-state index is 0.0266. The van der Waals surface area contributed by atoms with Crippen LogP contribution in [-0.2, 0) is 0 Å². The Balaban J connectivity index is 2.69. The van der Waals surface area contributed by atoms with E-state index in [0.29, 0.717) is 6.07 Å². The molecule has 2 rings (SSSR count). The topological polar surface area (TPSA) is 50.2 Å². The molecule has 0 fully saturated rings. The molecule has 1 heterocycles. The largest absolute Gasteiger partial charge is 0.478 e. The monoisotopic (exact) mass is 269 g/mol. The molecular weight excluding hydrogens is 264 g/mol. The van der Waals surface area contributed by atoms with Crippen LogP contribution >= 0.6 is 11.6 Å². The van der Waals surface area contributed by atoms with Crippen LogP contribution in [0.4, 0.5) is 8.78 Å². The smallest absolute Gasteiger partial charge is 0.337 e. The van der Waals surface area contributed by atoms with E-state index in [4.69, 9.17) is 16.7 Å². The molecule has 0 atom stereocenters. The lowest BCUT2D eigenvalue weighted by atomic mass is 10.1. The molecule has 1 aromatic carbocycles. The SMILES string of the molecule is O=C(O)c1ccc(Cl)nc1-c1ccc(F)cc1F. The van der Waals surface area contributed by atoms with E-state index < -0.39 is 17.6 Å². The molecule has 2 aromatic rings. The molecule has 0 aliphatic rings. The molecule has 0 saturated carbocycles. The number of pyridine rings is 1. The average molecular weight is 270 g/mol. The molecule has 0 amide bonds. The van der Waals surface area contributed by atoms with Crippen molar-refractivity contribution in [2.24, 2.45) is 0 Å². The zero-order valence-corrected chi connectivity index (χ0v) is 9.58. The van der Waals surface area contributed by atoms with Crippen LogP contribution in [0.2, 0.25) is 5.15 Å². The number of hydrogen-bond donors (Lipinski definition) is 1. The number of nitrogens with zero attached hydrogens (tertiary/aromatic N) is 1. The second-order valence-corrected chi connectivity index (χ2v) is 3.85. The Labute approximate surface area is 106 Å². The number of aromatic carboxylic acids is 1. The Morgan fingerprint density at radius 1 is 1.22 bits per heavy atom. The number of carboxylic acids is 1. The van der Waals surface area contributed by atoms with Crippen molar-refractivity contribution in [1.29, 1.82) is 0 Å². The molecular formula is C12H6ClF2NO2. The highest BCUT2D eigenvalue weighted by atomic mass is 35.5. The average Bonchev–Trinajstić information content (AvgIpc) is 2.28. The summed E-state index contributed by atoms with van der Waals surface area (Å²) >= 11 is 5.65. The van der Waals surface area contributed by atoms with E-state index in [1.165, 1.54) is 12.1 Å². The van der Waals surface area contributed by atoms with Crippen LogP contribution in [0.25, 0.3) is 11.3 Å². The molecule has 0 radical (unpaired) electrons. The Morgan fingerprint density at radius 3 is 2.56 bits per heavy atom. The van der Waals surface area contributed by atoms with Gasteiger partial charge in [-0.3, -0.25) is 0 Å². The molecule has 3 nitrogen and oxygen atoms in total. The Kier molecular flexibility index (Phi) is 3.25. The molecule has 0 spiro atoms. The van der Waals surface area contributed by atoms with Gasteiger partial charge < -0.3 is 5.11 Å². The molecule has 1 aromatic heterocycles. The van der Waals surface area contributed by atoms with Gasteiger partial charge in [0.15, 0.2) is 0 Å². The van der Waals surface area contributed by atoms with Gasteiger partial charge >= 0.3 is 5.97 Å². The second kappa shape index (κ2) is 4.70. The molecule has 0 unspecified atom stereocenters. The summed E-state index contributed by atoms with van der Waals surface area (Å²) in [5.74, 6) is -2.92. The van der Waals surface area contributed by atoms with E-state index in [1.807, 2.05) is 0 Å². The summed E-state index contributed by atoms with van der Waals surface area (Å²) in [6.45, 7) is 0. The van der Waals surface area contributed by atoms with Crippen molar-refractivity contribution < 1.29 is 18.7 Å². The molecule has 0 aliphatic carbocycles. The van der Waals surface area contributed by atoms with Crippen molar-refractivity contribution in [3.8, 4) is 11.3 Å². The number of aromatic nitrogens is 1. The van der Waals surface area contributed by atoms with Crippen molar-refractivity contribution in [2.75, 3.05) is 0 Å². The first-order valence-corrected chi connectivity index (χ1v) is 5.22. The minimum atomic E-state index is -1.27. The summed E-state index contributed by atoms with van der Waals surface area (Å²) in [7, 11) is 0. The summed E-state index contributed by atoms with van der Waals surface area (Å²) in [5.41, 5.74) is -0.450. The van der Waals surface area contributed by atoms with Crippen LogP contribution in [0, 0.1) is 11.6 Å². The van der Waals surface area contributed by atoms with Gasteiger partial charge in [-0.15, -0.1) is 0 Å². The van der Waals surface area contributed by atoms with Gasteiger partial charge in [0.05, 0.1) is 11.3 Å². The number of halogens is 3. The van der Waals surface area contributed by atoms with Crippen LogP contribution < -0.4 is 0 Å². The highest BCUT2D eigenvalue weighted by Gasteiger charge is 2.17. The van der Waals surface area contributed by atoms with Crippen LogP contribution in [0.15, 0.2) is 30.3 Å². The highest BCUT2D eigenvalue weighted by molar-refractivity contribution is 6.29. The van der Waals surface area contributed by atoms with Gasteiger partial charge in [-0.2, -0.15) is 0 Å². The molecule has 92 valence electrons. The Bertz CT molecular complexity index is 631. The zero-order valence-electron chi connectivity index (χ0n) is 8.82. The van der Waals surface area contributed by atoms with Gasteiger partial charge in [0, 0.05) is 11.6 Å². The molecule has 1 N–H and O–H groups in total. The van der Waals surface area contributed by atoms with E-state index in [1.54, 1.807) is 0 Å². The van der Waals surface area contributed by atoms with E-state index in [0.717, 1.165) is 12.1 Å². The van der Waals surface area contributed by atoms with E-state index >= 15 is 0 Å². The first-order valence-electron chi connectivity index (χ1n) is 4.84. The second-order valence-electron chi connectivity index (χ2n) is 3.46. The van der Waals surface area contributed by atoms with Crippen molar-refractivity contribution in [3.05, 3.63) is 52.7 Å². The van der Waals surface area contributed by atoms with Crippen molar-refractivity contribution in [3.63, 3.8) is 0 Å². The highest BCUT2D eigenvalue weighted by Crippen LogP contribution is 2.26. The first-order chi connectivity index (χ1) is 8.49. The van der Waals surface area contributed by atoms with Crippen LogP contribution in [0.5, 0.6) is 0 Å². The number of benzene rings is 1. The third-order valence-electron chi connectivity index (χ3n) is 2.28.